The highest BCUT2D eigenvalue weighted by Crippen LogP contribution is 2.20. The number of hydrogen-bond donors (Lipinski definition) is 1. The highest BCUT2D eigenvalue weighted by Gasteiger charge is 2.36. The highest BCUT2D eigenvalue weighted by atomic mass is 16.5. The second kappa shape index (κ2) is 4.94. The molecule has 1 amide bonds. The van der Waals surface area contributed by atoms with Gasteiger partial charge in [-0.1, -0.05) is 6.92 Å². The van der Waals surface area contributed by atoms with Gasteiger partial charge in [0.1, 0.15) is 5.60 Å². The van der Waals surface area contributed by atoms with Crippen molar-refractivity contribution in [3.8, 4) is 0 Å². The van der Waals surface area contributed by atoms with E-state index in [9.17, 15) is 9.90 Å². The van der Waals surface area contributed by atoms with Crippen LogP contribution in [0.15, 0.2) is 0 Å². The minimum Gasteiger partial charge on any atom is -0.393 e. The number of aliphatic hydroxyl groups excluding tert-OH is 1. The average molecular weight is 215 g/mol. The molecule has 1 atom stereocenters. The molecule has 0 aromatic rings. The second-order valence-corrected chi connectivity index (χ2v) is 4.31. The third-order valence-electron chi connectivity index (χ3n) is 3.33. The summed E-state index contributed by atoms with van der Waals surface area (Å²) in [5.74, 6) is 0.0411. The van der Waals surface area contributed by atoms with Gasteiger partial charge in [0.15, 0.2) is 0 Å². The van der Waals surface area contributed by atoms with Crippen LogP contribution in [0.25, 0.3) is 0 Å². The molecule has 1 saturated heterocycles. The topological polar surface area (TPSA) is 49.8 Å². The molecule has 0 saturated carbocycles. The molecule has 0 aromatic heterocycles. The van der Waals surface area contributed by atoms with Crippen LogP contribution in [0.5, 0.6) is 0 Å². The summed E-state index contributed by atoms with van der Waals surface area (Å²) in [6, 6.07) is 0. The molecular weight excluding hydrogens is 194 g/mol. The number of amides is 1. The smallest absolute Gasteiger partial charge is 0.254 e. The molecule has 0 bridgehead atoms. The third kappa shape index (κ3) is 2.69. The molecule has 0 aromatic carbocycles. The summed E-state index contributed by atoms with van der Waals surface area (Å²) in [4.78, 5) is 13.9. The minimum atomic E-state index is -0.706. The first-order chi connectivity index (χ1) is 7.03. The molecule has 0 radical (unpaired) electrons. The Morgan fingerprint density at radius 2 is 2.07 bits per heavy atom. The number of hydrogen-bond acceptors (Lipinski definition) is 3. The molecule has 1 unspecified atom stereocenters. The number of aliphatic hydroxyl groups is 1. The van der Waals surface area contributed by atoms with Crippen molar-refractivity contribution in [1.82, 2.24) is 4.90 Å². The number of rotatable bonds is 3. The average Bonchev–Trinajstić information content (AvgIpc) is 2.28. The van der Waals surface area contributed by atoms with E-state index in [4.69, 9.17) is 4.74 Å². The normalized spacial score (nSPS) is 22.5. The Labute approximate surface area is 91.2 Å². The van der Waals surface area contributed by atoms with Crippen molar-refractivity contribution in [2.24, 2.45) is 0 Å². The lowest BCUT2D eigenvalue weighted by molar-refractivity contribution is -0.155. The fourth-order valence-corrected chi connectivity index (χ4v) is 1.79. The first-order valence-corrected chi connectivity index (χ1v) is 5.56. The zero-order valence-electron chi connectivity index (χ0n) is 9.82. The molecule has 1 N–H and O–H groups in total. The molecule has 88 valence electrons. The molecule has 4 heteroatoms. The quantitative estimate of drug-likeness (QED) is 0.757. The van der Waals surface area contributed by atoms with Gasteiger partial charge < -0.3 is 14.7 Å². The fraction of sp³-hybridized carbons (Fsp3) is 0.909. The Hall–Kier alpha value is -0.610. The summed E-state index contributed by atoms with van der Waals surface area (Å²) >= 11 is 0. The van der Waals surface area contributed by atoms with Gasteiger partial charge >= 0.3 is 0 Å². The first kappa shape index (κ1) is 12.5. The van der Waals surface area contributed by atoms with E-state index in [0.717, 1.165) is 0 Å². The van der Waals surface area contributed by atoms with Crippen LogP contribution in [0.4, 0.5) is 0 Å². The SMILES string of the molecule is CCC(C)(OC)C(=O)N1CCC(O)CC1. The maximum atomic E-state index is 12.1. The van der Waals surface area contributed by atoms with Crippen LogP contribution < -0.4 is 0 Å². The highest BCUT2D eigenvalue weighted by molar-refractivity contribution is 5.84. The van der Waals surface area contributed by atoms with Crippen molar-refractivity contribution in [2.45, 2.75) is 44.8 Å². The van der Waals surface area contributed by atoms with E-state index >= 15 is 0 Å². The van der Waals surface area contributed by atoms with Crippen molar-refractivity contribution < 1.29 is 14.6 Å². The number of nitrogens with zero attached hydrogens (tertiary/aromatic N) is 1. The lowest BCUT2D eigenvalue weighted by Gasteiger charge is -2.36. The summed E-state index contributed by atoms with van der Waals surface area (Å²) in [6.07, 6.45) is 1.77. The van der Waals surface area contributed by atoms with Crippen molar-refractivity contribution in [2.75, 3.05) is 20.2 Å². The molecule has 0 aliphatic carbocycles. The summed E-state index contributed by atoms with van der Waals surface area (Å²) in [5.41, 5.74) is -0.706. The lowest BCUT2D eigenvalue weighted by atomic mass is 9.99. The van der Waals surface area contributed by atoms with E-state index in [0.29, 0.717) is 32.4 Å². The van der Waals surface area contributed by atoms with E-state index in [1.54, 1.807) is 12.0 Å². The van der Waals surface area contributed by atoms with E-state index in [1.807, 2.05) is 13.8 Å². The zero-order chi connectivity index (χ0) is 11.5. The first-order valence-electron chi connectivity index (χ1n) is 5.56. The van der Waals surface area contributed by atoms with Crippen molar-refractivity contribution in [3.05, 3.63) is 0 Å². The maximum absolute atomic E-state index is 12.1. The standard InChI is InChI=1S/C11H21NO3/c1-4-11(2,15-3)10(14)12-7-5-9(13)6-8-12/h9,13H,4-8H2,1-3H3. The van der Waals surface area contributed by atoms with Crippen LogP contribution in [-0.2, 0) is 9.53 Å². The maximum Gasteiger partial charge on any atom is 0.254 e. The van der Waals surface area contributed by atoms with Crippen molar-refractivity contribution in [1.29, 1.82) is 0 Å². The van der Waals surface area contributed by atoms with E-state index < -0.39 is 5.60 Å². The number of ether oxygens (including phenoxy) is 1. The van der Waals surface area contributed by atoms with E-state index in [2.05, 4.69) is 0 Å². The largest absolute Gasteiger partial charge is 0.393 e. The van der Waals surface area contributed by atoms with Gasteiger partial charge in [0.2, 0.25) is 0 Å². The number of piperidine rings is 1. The molecule has 1 rings (SSSR count). The number of carbonyl (C=O) groups is 1. The number of likely N-dealkylation sites (tertiary alicyclic amines) is 1. The van der Waals surface area contributed by atoms with Crippen LogP contribution in [0.1, 0.15) is 33.1 Å². The van der Waals surface area contributed by atoms with Crippen LogP contribution in [0.3, 0.4) is 0 Å². The Kier molecular flexibility index (Phi) is 4.11. The summed E-state index contributed by atoms with van der Waals surface area (Å²) in [6.45, 7) is 5.04. The zero-order valence-corrected chi connectivity index (χ0v) is 9.82. The Morgan fingerprint density at radius 1 is 1.53 bits per heavy atom. The predicted molar refractivity (Wildman–Crippen MR) is 57.5 cm³/mol. The van der Waals surface area contributed by atoms with E-state index in [1.165, 1.54) is 0 Å². The molecule has 15 heavy (non-hydrogen) atoms. The van der Waals surface area contributed by atoms with Crippen LogP contribution >= 0.6 is 0 Å². The van der Waals surface area contributed by atoms with Crippen LogP contribution in [0, 0.1) is 0 Å². The van der Waals surface area contributed by atoms with Gasteiger partial charge in [0.25, 0.3) is 5.91 Å². The lowest BCUT2D eigenvalue weighted by Crippen LogP contribution is -2.51. The van der Waals surface area contributed by atoms with Crippen LogP contribution in [0.2, 0.25) is 0 Å². The van der Waals surface area contributed by atoms with Gasteiger partial charge in [-0.2, -0.15) is 0 Å². The third-order valence-corrected chi connectivity index (χ3v) is 3.33. The van der Waals surface area contributed by atoms with Gasteiger partial charge in [0, 0.05) is 20.2 Å². The van der Waals surface area contributed by atoms with Crippen molar-refractivity contribution in [3.63, 3.8) is 0 Å². The second-order valence-electron chi connectivity index (χ2n) is 4.31. The van der Waals surface area contributed by atoms with Gasteiger partial charge in [-0.05, 0) is 26.2 Å². The fourth-order valence-electron chi connectivity index (χ4n) is 1.79. The summed E-state index contributed by atoms with van der Waals surface area (Å²) < 4.78 is 5.28. The van der Waals surface area contributed by atoms with Crippen molar-refractivity contribution >= 4 is 5.91 Å². The van der Waals surface area contributed by atoms with Gasteiger partial charge in [-0.3, -0.25) is 4.79 Å². The van der Waals surface area contributed by atoms with Gasteiger partial charge in [0.05, 0.1) is 6.10 Å². The summed E-state index contributed by atoms with van der Waals surface area (Å²) in [7, 11) is 1.57. The molecular formula is C11H21NO3. The molecule has 1 aliphatic rings. The van der Waals surface area contributed by atoms with Gasteiger partial charge in [-0.15, -0.1) is 0 Å². The predicted octanol–water partition coefficient (Wildman–Crippen LogP) is 0.785. The summed E-state index contributed by atoms with van der Waals surface area (Å²) in [5, 5.41) is 9.36. The molecule has 0 spiro atoms. The number of methoxy groups -OCH3 is 1. The molecule has 4 nitrogen and oxygen atoms in total. The Bertz CT molecular complexity index is 218. The molecule has 1 aliphatic heterocycles. The van der Waals surface area contributed by atoms with E-state index in [-0.39, 0.29) is 12.0 Å². The molecule has 1 fully saturated rings. The Balaban J connectivity index is 2.60. The number of carbonyl (C=O) groups excluding carboxylic acids is 1. The molecule has 1 heterocycles. The monoisotopic (exact) mass is 215 g/mol. The van der Waals surface area contributed by atoms with Gasteiger partial charge in [-0.25, -0.2) is 0 Å². The Morgan fingerprint density at radius 3 is 2.47 bits per heavy atom. The minimum absolute atomic E-state index is 0.0411. The van der Waals surface area contributed by atoms with Crippen LogP contribution in [-0.4, -0.2) is 47.8 Å².